The van der Waals surface area contributed by atoms with E-state index in [1.54, 1.807) is 6.07 Å². The van der Waals surface area contributed by atoms with Crippen LogP contribution in [-0.4, -0.2) is 63.9 Å². The number of para-hydroxylation sites is 1. The molecule has 1 N–H and O–H groups in total. The lowest BCUT2D eigenvalue weighted by molar-refractivity contribution is 0.0162. The molecule has 2 heterocycles. The molecule has 150 valence electrons. The van der Waals surface area contributed by atoms with Crippen LogP contribution in [0, 0.1) is 0 Å². The van der Waals surface area contributed by atoms with Crippen LogP contribution < -0.4 is 5.32 Å². The SMILES string of the molecule is O=C(NCC(c1ccc(Cl)cc1)N1CCOCC1)c1ccccc1-n1cnnn1. The van der Waals surface area contributed by atoms with Gasteiger partial charge < -0.3 is 10.1 Å². The third-order valence-electron chi connectivity index (χ3n) is 4.94. The van der Waals surface area contributed by atoms with Crippen molar-refractivity contribution in [3.63, 3.8) is 0 Å². The van der Waals surface area contributed by atoms with Gasteiger partial charge in [0.25, 0.3) is 5.91 Å². The summed E-state index contributed by atoms with van der Waals surface area (Å²) in [5.41, 5.74) is 2.24. The van der Waals surface area contributed by atoms with Crippen molar-refractivity contribution in [1.82, 2.24) is 30.4 Å². The highest BCUT2D eigenvalue weighted by atomic mass is 35.5. The van der Waals surface area contributed by atoms with Gasteiger partial charge in [0.05, 0.1) is 30.5 Å². The molecule has 1 unspecified atom stereocenters. The van der Waals surface area contributed by atoms with E-state index in [9.17, 15) is 4.79 Å². The molecule has 9 heteroatoms. The van der Waals surface area contributed by atoms with Crippen LogP contribution in [0.25, 0.3) is 5.69 Å². The molecular weight excluding hydrogens is 392 g/mol. The largest absolute Gasteiger partial charge is 0.379 e. The van der Waals surface area contributed by atoms with Gasteiger partial charge in [-0.3, -0.25) is 9.69 Å². The fraction of sp³-hybridized carbons (Fsp3) is 0.300. The molecule has 0 spiro atoms. The molecule has 1 atom stereocenters. The minimum atomic E-state index is -0.177. The van der Waals surface area contributed by atoms with E-state index in [0.717, 1.165) is 18.7 Å². The minimum Gasteiger partial charge on any atom is -0.379 e. The molecule has 29 heavy (non-hydrogen) atoms. The van der Waals surface area contributed by atoms with Crippen LogP contribution in [0.3, 0.4) is 0 Å². The molecular formula is C20H21ClN6O2. The zero-order valence-corrected chi connectivity index (χ0v) is 16.5. The number of nitrogens with one attached hydrogen (secondary N) is 1. The maximum Gasteiger partial charge on any atom is 0.253 e. The van der Waals surface area contributed by atoms with E-state index in [4.69, 9.17) is 16.3 Å². The van der Waals surface area contributed by atoms with Gasteiger partial charge in [0.2, 0.25) is 0 Å². The lowest BCUT2D eigenvalue weighted by Gasteiger charge is -2.35. The first-order valence-corrected chi connectivity index (χ1v) is 9.78. The first-order valence-electron chi connectivity index (χ1n) is 9.40. The van der Waals surface area contributed by atoms with Crippen molar-refractivity contribution in [2.45, 2.75) is 6.04 Å². The Labute approximate surface area is 173 Å². The van der Waals surface area contributed by atoms with Gasteiger partial charge in [-0.2, -0.15) is 4.68 Å². The Kier molecular flexibility index (Phi) is 6.14. The molecule has 1 amide bonds. The Balaban J connectivity index is 1.53. The molecule has 8 nitrogen and oxygen atoms in total. The summed E-state index contributed by atoms with van der Waals surface area (Å²) in [7, 11) is 0. The summed E-state index contributed by atoms with van der Waals surface area (Å²) < 4.78 is 6.96. The van der Waals surface area contributed by atoms with Gasteiger partial charge in [-0.1, -0.05) is 35.9 Å². The van der Waals surface area contributed by atoms with Gasteiger partial charge in [0.15, 0.2) is 0 Å². The van der Waals surface area contributed by atoms with E-state index in [0.29, 0.717) is 36.0 Å². The standard InChI is InChI=1S/C20H21ClN6O2/c21-16-7-5-15(6-8-16)19(26-9-11-29-12-10-26)13-22-20(28)17-3-1-2-4-18(17)27-14-23-24-25-27/h1-8,14,19H,9-13H2,(H,22,28). The average Bonchev–Trinajstić information content (AvgIpc) is 3.30. The van der Waals surface area contributed by atoms with E-state index in [2.05, 4.69) is 25.7 Å². The summed E-state index contributed by atoms with van der Waals surface area (Å²) in [4.78, 5) is 15.3. The van der Waals surface area contributed by atoms with Gasteiger partial charge >= 0.3 is 0 Å². The summed E-state index contributed by atoms with van der Waals surface area (Å²) in [6.07, 6.45) is 1.47. The van der Waals surface area contributed by atoms with Crippen LogP contribution in [-0.2, 0) is 4.74 Å². The number of tetrazole rings is 1. The van der Waals surface area contributed by atoms with Crippen molar-refractivity contribution in [3.8, 4) is 5.69 Å². The van der Waals surface area contributed by atoms with Gasteiger partial charge in [-0.05, 0) is 40.3 Å². The number of hydrogen-bond donors (Lipinski definition) is 1. The smallest absolute Gasteiger partial charge is 0.253 e. The fourth-order valence-corrected chi connectivity index (χ4v) is 3.58. The molecule has 1 aromatic heterocycles. The van der Waals surface area contributed by atoms with E-state index < -0.39 is 0 Å². The molecule has 0 aliphatic carbocycles. The van der Waals surface area contributed by atoms with Crippen molar-refractivity contribution in [2.75, 3.05) is 32.8 Å². The quantitative estimate of drug-likeness (QED) is 0.667. The van der Waals surface area contributed by atoms with Crippen molar-refractivity contribution in [2.24, 2.45) is 0 Å². The van der Waals surface area contributed by atoms with E-state index in [1.807, 2.05) is 42.5 Å². The number of carbonyl (C=O) groups excluding carboxylic acids is 1. The van der Waals surface area contributed by atoms with Crippen LogP contribution in [0.15, 0.2) is 54.9 Å². The van der Waals surface area contributed by atoms with Crippen molar-refractivity contribution in [1.29, 1.82) is 0 Å². The van der Waals surface area contributed by atoms with Gasteiger partial charge in [-0.15, -0.1) is 5.10 Å². The molecule has 0 radical (unpaired) electrons. The van der Waals surface area contributed by atoms with Crippen molar-refractivity contribution in [3.05, 3.63) is 71.0 Å². The van der Waals surface area contributed by atoms with Crippen molar-refractivity contribution < 1.29 is 9.53 Å². The topological polar surface area (TPSA) is 85.2 Å². The number of halogens is 1. The predicted octanol–water partition coefficient (Wildman–Crippen LogP) is 2.12. The Morgan fingerprint density at radius 3 is 2.62 bits per heavy atom. The van der Waals surface area contributed by atoms with Crippen LogP contribution in [0.1, 0.15) is 22.0 Å². The molecule has 0 saturated carbocycles. The molecule has 2 aromatic carbocycles. The number of hydrogen-bond acceptors (Lipinski definition) is 6. The monoisotopic (exact) mass is 412 g/mol. The number of nitrogens with zero attached hydrogens (tertiary/aromatic N) is 5. The number of carbonyl (C=O) groups is 1. The molecule has 3 aromatic rings. The lowest BCUT2D eigenvalue weighted by Crippen LogP contribution is -2.43. The first-order chi connectivity index (χ1) is 14.2. The predicted molar refractivity (Wildman–Crippen MR) is 108 cm³/mol. The van der Waals surface area contributed by atoms with Gasteiger partial charge in [0, 0.05) is 24.7 Å². The third kappa shape index (κ3) is 4.61. The average molecular weight is 413 g/mol. The maximum atomic E-state index is 13.0. The number of rotatable bonds is 6. The molecule has 1 aliphatic rings. The Morgan fingerprint density at radius 2 is 1.90 bits per heavy atom. The second-order valence-corrected chi connectivity index (χ2v) is 7.13. The highest BCUT2D eigenvalue weighted by Gasteiger charge is 2.24. The van der Waals surface area contributed by atoms with E-state index >= 15 is 0 Å². The van der Waals surface area contributed by atoms with Gasteiger partial charge in [-0.25, -0.2) is 0 Å². The summed E-state index contributed by atoms with van der Waals surface area (Å²) >= 11 is 6.05. The summed E-state index contributed by atoms with van der Waals surface area (Å²) in [5, 5.41) is 15.0. The normalized spacial score (nSPS) is 15.8. The molecule has 0 bridgehead atoms. The Hall–Kier alpha value is -2.81. The second kappa shape index (κ2) is 9.13. The molecule has 1 saturated heterocycles. The number of amides is 1. The zero-order valence-electron chi connectivity index (χ0n) is 15.7. The van der Waals surface area contributed by atoms with Crippen LogP contribution in [0.5, 0.6) is 0 Å². The highest BCUT2D eigenvalue weighted by molar-refractivity contribution is 6.30. The van der Waals surface area contributed by atoms with Gasteiger partial charge in [0.1, 0.15) is 6.33 Å². The number of ether oxygens (including phenoxy) is 1. The summed E-state index contributed by atoms with van der Waals surface area (Å²) in [6, 6.07) is 15.0. The molecule has 4 rings (SSSR count). The van der Waals surface area contributed by atoms with Crippen LogP contribution in [0.4, 0.5) is 0 Å². The minimum absolute atomic E-state index is 0.0281. The maximum absolute atomic E-state index is 13.0. The summed E-state index contributed by atoms with van der Waals surface area (Å²) in [6.45, 7) is 3.44. The third-order valence-corrected chi connectivity index (χ3v) is 5.19. The fourth-order valence-electron chi connectivity index (χ4n) is 3.45. The number of aromatic nitrogens is 4. The van der Waals surface area contributed by atoms with E-state index in [1.165, 1.54) is 11.0 Å². The lowest BCUT2D eigenvalue weighted by atomic mass is 10.0. The summed E-state index contributed by atoms with van der Waals surface area (Å²) in [5.74, 6) is -0.177. The van der Waals surface area contributed by atoms with Crippen molar-refractivity contribution >= 4 is 17.5 Å². The molecule has 1 aliphatic heterocycles. The Morgan fingerprint density at radius 1 is 1.14 bits per heavy atom. The molecule has 1 fully saturated rings. The first kappa shape index (κ1) is 19.5. The number of benzene rings is 2. The van der Waals surface area contributed by atoms with Crippen LogP contribution >= 0.6 is 11.6 Å². The van der Waals surface area contributed by atoms with Crippen LogP contribution in [0.2, 0.25) is 5.02 Å². The Bertz CT molecular complexity index is 942. The number of morpholine rings is 1. The van der Waals surface area contributed by atoms with E-state index in [-0.39, 0.29) is 11.9 Å². The second-order valence-electron chi connectivity index (χ2n) is 6.70. The zero-order chi connectivity index (χ0) is 20.1. The highest BCUT2D eigenvalue weighted by Crippen LogP contribution is 2.23.